The van der Waals surface area contributed by atoms with Crippen LogP contribution in [0.15, 0.2) is 27.9 Å². The number of benzene rings is 1. The van der Waals surface area contributed by atoms with E-state index in [2.05, 4.69) is 10.1 Å². The van der Waals surface area contributed by atoms with Gasteiger partial charge < -0.3 is 15.5 Å². The van der Waals surface area contributed by atoms with E-state index in [4.69, 9.17) is 15.5 Å². The van der Waals surface area contributed by atoms with Crippen LogP contribution in [-0.4, -0.2) is 58.2 Å². The average Bonchev–Trinajstić information content (AvgIpc) is 3.10. The van der Waals surface area contributed by atoms with Crippen LogP contribution < -0.4 is 16.0 Å². The van der Waals surface area contributed by atoms with Gasteiger partial charge in [-0.3, -0.25) is 9.48 Å². The molecule has 11 heteroatoms. The Balaban J connectivity index is 1.85. The van der Waals surface area contributed by atoms with E-state index in [0.29, 0.717) is 61.3 Å². The van der Waals surface area contributed by atoms with Gasteiger partial charge in [-0.15, -0.1) is 0 Å². The van der Waals surface area contributed by atoms with Crippen LogP contribution in [0.2, 0.25) is 0 Å². The van der Waals surface area contributed by atoms with Crippen LogP contribution in [0.25, 0.3) is 22.4 Å². The van der Waals surface area contributed by atoms with Gasteiger partial charge in [-0.1, -0.05) is 13.3 Å². The first-order valence-electron chi connectivity index (χ1n) is 11.2. The first-order chi connectivity index (χ1) is 15.8. The molecule has 0 atom stereocenters. The molecule has 0 aliphatic carbocycles. The predicted molar refractivity (Wildman–Crippen MR) is 126 cm³/mol. The van der Waals surface area contributed by atoms with Crippen molar-refractivity contribution in [1.82, 2.24) is 24.1 Å². The van der Waals surface area contributed by atoms with Crippen molar-refractivity contribution in [2.45, 2.75) is 50.5 Å². The van der Waals surface area contributed by atoms with Crippen LogP contribution in [-0.2, 0) is 23.5 Å². The monoisotopic (exact) mass is 474 g/mol. The average molecular weight is 475 g/mol. The summed E-state index contributed by atoms with van der Waals surface area (Å²) in [5.41, 5.74) is 7.64. The molecule has 4 rings (SSSR count). The van der Waals surface area contributed by atoms with Crippen molar-refractivity contribution in [1.29, 1.82) is 0 Å². The summed E-state index contributed by atoms with van der Waals surface area (Å²) < 4.78 is 35.3. The second-order valence-corrected chi connectivity index (χ2v) is 10.2. The van der Waals surface area contributed by atoms with Crippen LogP contribution in [0, 0.1) is 0 Å². The number of sulfonamides is 1. The number of nitrogens with zero attached hydrogens (tertiary/aromatic N) is 4. The number of ether oxygens (including phenoxy) is 1. The Morgan fingerprint density at radius 2 is 1.97 bits per heavy atom. The van der Waals surface area contributed by atoms with Crippen LogP contribution in [0.4, 0.5) is 0 Å². The minimum atomic E-state index is -3.73. The molecule has 0 saturated carbocycles. The highest BCUT2D eigenvalue weighted by Crippen LogP contribution is 2.32. The molecule has 3 N–H and O–H groups in total. The van der Waals surface area contributed by atoms with Gasteiger partial charge in [0.05, 0.1) is 22.8 Å². The molecule has 0 bridgehead atoms. The molecule has 1 saturated heterocycles. The SMILES string of the molecule is CCCc1nn(C)c2c(=O)[nH]c(-c3cc(S(=O)(=O)N4CCC(N)CC4)ccc3OCC)nc12. The lowest BCUT2D eigenvalue weighted by molar-refractivity contribution is 0.320. The molecule has 2 aromatic heterocycles. The fourth-order valence-corrected chi connectivity index (χ4v) is 5.68. The number of hydrogen-bond acceptors (Lipinski definition) is 7. The molecular weight excluding hydrogens is 444 g/mol. The van der Waals surface area contributed by atoms with Crippen molar-refractivity contribution in [3.05, 3.63) is 34.2 Å². The van der Waals surface area contributed by atoms with Gasteiger partial charge in [-0.2, -0.15) is 9.40 Å². The summed E-state index contributed by atoms with van der Waals surface area (Å²) in [5, 5.41) is 4.45. The van der Waals surface area contributed by atoms with Gasteiger partial charge >= 0.3 is 0 Å². The summed E-state index contributed by atoms with van der Waals surface area (Å²) in [6.07, 6.45) is 2.77. The van der Waals surface area contributed by atoms with Gasteiger partial charge in [-0.05, 0) is 44.4 Å². The van der Waals surface area contributed by atoms with E-state index in [-0.39, 0.29) is 22.3 Å². The summed E-state index contributed by atoms with van der Waals surface area (Å²) in [5.74, 6) is 0.694. The third-order valence-corrected chi connectivity index (χ3v) is 7.79. The van der Waals surface area contributed by atoms with Gasteiger partial charge in [0.2, 0.25) is 10.0 Å². The number of H-pyrrole nitrogens is 1. The molecule has 33 heavy (non-hydrogen) atoms. The molecule has 3 aromatic rings. The molecule has 1 aromatic carbocycles. The smallest absolute Gasteiger partial charge is 0.277 e. The normalized spacial score (nSPS) is 15.9. The van der Waals surface area contributed by atoms with Crippen molar-refractivity contribution >= 4 is 21.1 Å². The number of aromatic amines is 1. The van der Waals surface area contributed by atoms with Crippen molar-refractivity contribution in [2.75, 3.05) is 19.7 Å². The Hall–Kier alpha value is -2.76. The fourth-order valence-electron chi connectivity index (χ4n) is 4.18. The van der Waals surface area contributed by atoms with E-state index in [9.17, 15) is 13.2 Å². The maximum absolute atomic E-state index is 13.3. The first kappa shape index (κ1) is 23.4. The molecule has 0 spiro atoms. The number of rotatable bonds is 7. The van der Waals surface area contributed by atoms with Gasteiger partial charge in [0.1, 0.15) is 17.1 Å². The summed E-state index contributed by atoms with van der Waals surface area (Å²) in [7, 11) is -2.02. The van der Waals surface area contributed by atoms with E-state index < -0.39 is 10.0 Å². The Kier molecular flexibility index (Phi) is 6.55. The van der Waals surface area contributed by atoms with Gasteiger partial charge in [0.15, 0.2) is 5.52 Å². The minimum Gasteiger partial charge on any atom is -0.493 e. The highest BCUT2D eigenvalue weighted by Gasteiger charge is 2.29. The first-order valence-corrected chi connectivity index (χ1v) is 12.7. The molecule has 0 unspecified atom stereocenters. The Bertz CT molecular complexity index is 1320. The largest absolute Gasteiger partial charge is 0.493 e. The Morgan fingerprint density at radius 1 is 1.24 bits per heavy atom. The van der Waals surface area contributed by atoms with Crippen LogP contribution in [0.5, 0.6) is 5.75 Å². The summed E-state index contributed by atoms with van der Waals surface area (Å²) >= 11 is 0. The lowest BCUT2D eigenvalue weighted by Gasteiger charge is -2.29. The summed E-state index contributed by atoms with van der Waals surface area (Å²) in [6.45, 7) is 5.00. The zero-order valence-corrected chi connectivity index (χ0v) is 20.0. The number of nitrogens with two attached hydrogens (primary N) is 1. The van der Waals surface area contributed by atoms with Crippen LogP contribution in [0.1, 0.15) is 38.8 Å². The minimum absolute atomic E-state index is 0.0187. The molecular formula is C22H30N6O4S. The fraction of sp³-hybridized carbons (Fsp3) is 0.500. The maximum atomic E-state index is 13.3. The van der Waals surface area contributed by atoms with Crippen molar-refractivity contribution in [2.24, 2.45) is 12.8 Å². The zero-order valence-electron chi connectivity index (χ0n) is 19.2. The number of fused-ring (bicyclic) bond motifs is 1. The number of nitrogens with one attached hydrogen (secondary N) is 1. The standard InChI is InChI=1S/C22H30N6O4S/c1-4-6-17-19-20(27(3)26-17)22(29)25-21(24-19)16-13-15(7-8-18(16)32-5-2)33(30,31)28-11-9-14(23)10-12-28/h7-8,13-14H,4-6,9-12,23H2,1-3H3,(H,24,25,29). The third kappa shape index (κ3) is 4.40. The van der Waals surface area contributed by atoms with E-state index >= 15 is 0 Å². The number of aromatic nitrogens is 4. The Labute approximate surface area is 192 Å². The van der Waals surface area contributed by atoms with E-state index in [1.807, 2.05) is 13.8 Å². The Morgan fingerprint density at radius 3 is 2.64 bits per heavy atom. The van der Waals surface area contributed by atoms with Gasteiger partial charge in [-0.25, -0.2) is 13.4 Å². The maximum Gasteiger partial charge on any atom is 0.277 e. The lowest BCUT2D eigenvalue weighted by Crippen LogP contribution is -2.42. The lowest BCUT2D eigenvalue weighted by atomic mass is 10.1. The number of piperidine rings is 1. The van der Waals surface area contributed by atoms with Crippen LogP contribution in [0.3, 0.4) is 0 Å². The quantitative estimate of drug-likeness (QED) is 0.533. The molecule has 0 amide bonds. The van der Waals surface area contributed by atoms with Crippen molar-refractivity contribution < 1.29 is 13.2 Å². The predicted octanol–water partition coefficient (Wildman–Crippen LogP) is 1.79. The van der Waals surface area contributed by atoms with Gasteiger partial charge in [0, 0.05) is 26.2 Å². The van der Waals surface area contributed by atoms with E-state index in [1.165, 1.54) is 21.1 Å². The van der Waals surface area contributed by atoms with Crippen LogP contribution >= 0.6 is 0 Å². The molecule has 1 aliphatic rings. The third-order valence-electron chi connectivity index (χ3n) is 5.89. The summed E-state index contributed by atoms with van der Waals surface area (Å²) in [6, 6.07) is 4.68. The van der Waals surface area contributed by atoms with E-state index in [0.717, 1.165) is 12.1 Å². The highest BCUT2D eigenvalue weighted by atomic mass is 32.2. The zero-order chi connectivity index (χ0) is 23.8. The molecule has 178 valence electrons. The highest BCUT2D eigenvalue weighted by molar-refractivity contribution is 7.89. The van der Waals surface area contributed by atoms with E-state index in [1.54, 1.807) is 13.1 Å². The van der Waals surface area contributed by atoms with Crippen molar-refractivity contribution in [3.63, 3.8) is 0 Å². The number of hydrogen-bond donors (Lipinski definition) is 2. The second-order valence-electron chi connectivity index (χ2n) is 8.26. The number of aryl methyl sites for hydroxylation is 2. The topological polar surface area (TPSA) is 136 Å². The molecule has 1 fully saturated rings. The molecule has 10 nitrogen and oxygen atoms in total. The van der Waals surface area contributed by atoms with Gasteiger partial charge in [0.25, 0.3) is 5.56 Å². The second kappa shape index (κ2) is 9.24. The molecule has 3 heterocycles. The summed E-state index contributed by atoms with van der Waals surface area (Å²) in [4.78, 5) is 20.5. The molecule has 1 aliphatic heterocycles. The molecule has 0 radical (unpaired) electrons. The van der Waals surface area contributed by atoms with Crippen molar-refractivity contribution in [3.8, 4) is 17.1 Å².